The Morgan fingerprint density at radius 3 is 2.76 bits per heavy atom. The van der Waals surface area contributed by atoms with Gasteiger partial charge >= 0.3 is 5.97 Å². The van der Waals surface area contributed by atoms with Crippen molar-refractivity contribution in [3.8, 4) is 5.75 Å². The fourth-order valence-electron chi connectivity index (χ4n) is 1.45. The molecule has 1 aliphatic heterocycles. The highest BCUT2D eigenvalue weighted by Gasteiger charge is 2.19. The molecule has 2 rings (SSSR count). The molecule has 88 valence electrons. The van der Waals surface area contributed by atoms with Crippen molar-refractivity contribution in [2.75, 3.05) is 7.11 Å². The standard InChI is InChI=1S/C12H10BrNO3/c1-7-14-10(12(15)17-7)6-8-3-4-11(16-2)9(13)5-8/h3-6H,1-2H3/b10-6-. The van der Waals surface area contributed by atoms with Gasteiger partial charge in [-0.15, -0.1) is 0 Å². The number of nitrogens with zero attached hydrogens (tertiary/aromatic N) is 1. The molecule has 0 saturated carbocycles. The second-order valence-corrected chi connectivity index (χ2v) is 4.30. The Labute approximate surface area is 107 Å². The van der Waals surface area contributed by atoms with Crippen LogP contribution in [0.4, 0.5) is 0 Å². The highest BCUT2D eigenvalue weighted by molar-refractivity contribution is 9.10. The van der Waals surface area contributed by atoms with Gasteiger partial charge in [0.1, 0.15) is 5.75 Å². The zero-order valence-corrected chi connectivity index (χ0v) is 10.9. The van der Waals surface area contributed by atoms with E-state index in [-0.39, 0.29) is 0 Å². The minimum atomic E-state index is -0.422. The molecule has 5 heteroatoms. The molecule has 0 unspecified atom stereocenters. The molecule has 0 spiro atoms. The molecule has 0 aromatic heterocycles. The van der Waals surface area contributed by atoms with Gasteiger partial charge in [-0.05, 0) is 39.7 Å². The first-order chi connectivity index (χ1) is 8.10. The lowest BCUT2D eigenvalue weighted by Gasteiger charge is -2.03. The number of carbonyl (C=O) groups excluding carboxylic acids is 1. The fourth-order valence-corrected chi connectivity index (χ4v) is 2.00. The van der Waals surface area contributed by atoms with Crippen molar-refractivity contribution in [3.05, 3.63) is 33.9 Å². The Kier molecular flexibility index (Phi) is 3.28. The number of halogens is 1. The first kappa shape index (κ1) is 11.9. The second-order valence-electron chi connectivity index (χ2n) is 3.44. The summed E-state index contributed by atoms with van der Waals surface area (Å²) < 4.78 is 10.8. The van der Waals surface area contributed by atoms with E-state index in [9.17, 15) is 4.79 Å². The number of methoxy groups -OCH3 is 1. The summed E-state index contributed by atoms with van der Waals surface area (Å²) in [6.45, 7) is 1.64. The van der Waals surface area contributed by atoms with E-state index in [4.69, 9.17) is 9.47 Å². The third kappa shape index (κ3) is 2.55. The normalized spacial score (nSPS) is 17.0. The topological polar surface area (TPSA) is 47.9 Å². The maximum Gasteiger partial charge on any atom is 0.363 e. The van der Waals surface area contributed by atoms with Crippen molar-refractivity contribution < 1.29 is 14.3 Å². The van der Waals surface area contributed by atoms with Gasteiger partial charge < -0.3 is 9.47 Å². The van der Waals surface area contributed by atoms with Gasteiger partial charge in [-0.1, -0.05) is 6.07 Å². The van der Waals surface area contributed by atoms with Crippen LogP contribution in [0.15, 0.2) is 33.4 Å². The molecular formula is C12H10BrNO3. The summed E-state index contributed by atoms with van der Waals surface area (Å²) in [5.41, 5.74) is 1.16. The molecule has 0 saturated heterocycles. The number of carbonyl (C=O) groups is 1. The van der Waals surface area contributed by atoms with Crippen molar-refractivity contribution in [2.24, 2.45) is 4.99 Å². The number of hydrogen-bond donors (Lipinski definition) is 0. The zero-order valence-electron chi connectivity index (χ0n) is 9.36. The molecule has 0 atom stereocenters. The first-order valence-corrected chi connectivity index (χ1v) is 5.72. The van der Waals surface area contributed by atoms with Crippen LogP contribution in [0.1, 0.15) is 12.5 Å². The summed E-state index contributed by atoms with van der Waals surface area (Å²) >= 11 is 3.38. The largest absolute Gasteiger partial charge is 0.496 e. The van der Waals surface area contributed by atoms with Crippen molar-refractivity contribution >= 4 is 33.9 Å². The monoisotopic (exact) mass is 295 g/mol. The van der Waals surface area contributed by atoms with Gasteiger partial charge in [-0.3, -0.25) is 0 Å². The molecule has 0 bridgehead atoms. The van der Waals surface area contributed by atoms with E-state index >= 15 is 0 Å². The smallest absolute Gasteiger partial charge is 0.363 e. The molecule has 1 heterocycles. The van der Waals surface area contributed by atoms with Gasteiger partial charge in [0.25, 0.3) is 0 Å². The first-order valence-electron chi connectivity index (χ1n) is 4.93. The van der Waals surface area contributed by atoms with Crippen molar-refractivity contribution in [3.63, 3.8) is 0 Å². The average Bonchev–Trinajstić information content (AvgIpc) is 2.58. The molecule has 1 aliphatic rings. The van der Waals surface area contributed by atoms with Crippen LogP contribution in [-0.4, -0.2) is 19.0 Å². The lowest BCUT2D eigenvalue weighted by atomic mass is 10.2. The van der Waals surface area contributed by atoms with Gasteiger partial charge in [0, 0.05) is 6.92 Å². The van der Waals surface area contributed by atoms with Crippen LogP contribution in [0.2, 0.25) is 0 Å². The zero-order chi connectivity index (χ0) is 12.4. The summed E-state index contributed by atoms with van der Waals surface area (Å²) in [5, 5.41) is 0. The summed E-state index contributed by atoms with van der Waals surface area (Å²) in [7, 11) is 1.60. The van der Waals surface area contributed by atoms with Crippen molar-refractivity contribution in [1.29, 1.82) is 0 Å². The second kappa shape index (κ2) is 4.71. The summed E-state index contributed by atoms with van der Waals surface area (Å²) in [4.78, 5) is 15.4. The van der Waals surface area contributed by atoms with Crippen molar-refractivity contribution in [1.82, 2.24) is 0 Å². The Morgan fingerprint density at radius 1 is 1.47 bits per heavy atom. The minimum absolute atomic E-state index is 0.305. The van der Waals surface area contributed by atoms with E-state index < -0.39 is 5.97 Å². The number of cyclic esters (lactones) is 1. The summed E-state index contributed by atoms with van der Waals surface area (Å²) in [6, 6.07) is 5.50. The molecule has 0 radical (unpaired) electrons. The van der Waals surface area contributed by atoms with Crippen LogP contribution in [0.5, 0.6) is 5.75 Å². The van der Waals surface area contributed by atoms with Gasteiger partial charge in [0.2, 0.25) is 0 Å². The molecule has 4 nitrogen and oxygen atoms in total. The van der Waals surface area contributed by atoms with E-state index in [1.807, 2.05) is 18.2 Å². The Morgan fingerprint density at radius 2 is 2.24 bits per heavy atom. The molecule has 17 heavy (non-hydrogen) atoms. The third-order valence-corrected chi connectivity index (χ3v) is 2.83. The average molecular weight is 296 g/mol. The number of rotatable bonds is 2. The van der Waals surface area contributed by atoms with Crippen LogP contribution in [0.25, 0.3) is 6.08 Å². The van der Waals surface area contributed by atoms with E-state index in [2.05, 4.69) is 20.9 Å². The SMILES string of the molecule is COc1ccc(/C=C2\N=C(C)OC2=O)cc1Br. The quantitative estimate of drug-likeness (QED) is 0.623. The number of benzene rings is 1. The maximum absolute atomic E-state index is 11.4. The predicted molar refractivity (Wildman–Crippen MR) is 67.9 cm³/mol. The van der Waals surface area contributed by atoms with E-state index in [0.29, 0.717) is 11.6 Å². The highest BCUT2D eigenvalue weighted by Crippen LogP contribution is 2.27. The van der Waals surface area contributed by atoms with Gasteiger partial charge in [0.15, 0.2) is 11.6 Å². The molecular weight excluding hydrogens is 286 g/mol. The molecule has 0 amide bonds. The Hall–Kier alpha value is -1.62. The minimum Gasteiger partial charge on any atom is -0.496 e. The Bertz CT molecular complexity index is 535. The van der Waals surface area contributed by atoms with Gasteiger partial charge in [-0.2, -0.15) is 0 Å². The predicted octanol–water partition coefficient (Wildman–Crippen LogP) is 2.77. The number of ether oxygens (including phenoxy) is 2. The highest BCUT2D eigenvalue weighted by atomic mass is 79.9. The van der Waals surface area contributed by atoms with Crippen LogP contribution in [0, 0.1) is 0 Å². The maximum atomic E-state index is 11.4. The van der Waals surface area contributed by atoms with Gasteiger partial charge in [-0.25, -0.2) is 9.79 Å². The molecule has 0 aliphatic carbocycles. The van der Waals surface area contributed by atoms with Crippen LogP contribution >= 0.6 is 15.9 Å². The third-order valence-electron chi connectivity index (χ3n) is 2.21. The summed E-state index contributed by atoms with van der Waals surface area (Å²) in [6.07, 6.45) is 1.67. The van der Waals surface area contributed by atoms with Crippen LogP contribution < -0.4 is 4.74 Å². The summed E-state index contributed by atoms with van der Waals surface area (Å²) in [5.74, 6) is 0.684. The molecule has 1 aromatic rings. The number of esters is 1. The molecule has 0 fully saturated rings. The van der Waals surface area contributed by atoms with E-state index in [0.717, 1.165) is 15.8 Å². The number of aliphatic imine (C=N–C) groups is 1. The molecule has 1 aromatic carbocycles. The number of hydrogen-bond acceptors (Lipinski definition) is 4. The van der Waals surface area contributed by atoms with Crippen LogP contribution in [0.3, 0.4) is 0 Å². The Balaban J connectivity index is 2.33. The lowest BCUT2D eigenvalue weighted by molar-refractivity contribution is -0.130. The van der Waals surface area contributed by atoms with Crippen molar-refractivity contribution in [2.45, 2.75) is 6.92 Å². The fraction of sp³-hybridized carbons (Fsp3) is 0.167. The lowest BCUT2D eigenvalue weighted by Crippen LogP contribution is -1.99. The van der Waals surface area contributed by atoms with E-state index in [1.54, 1.807) is 20.1 Å². The van der Waals surface area contributed by atoms with Gasteiger partial charge in [0.05, 0.1) is 11.6 Å². The van der Waals surface area contributed by atoms with Crippen LogP contribution in [-0.2, 0) is 9.53 Å². The molecule has 0 N–H and O–H groups in total. The van der Waals surface area contributed by atoms with E-state index in [1.165, 1.54) is 0 Å².